The lowest BCUT2D eigenvalue weighted by molar-refractivity contribution is -0.141. The summed E-state index contributed by atoms with van der Waals surface area (Å²) in [6.45, 7) is 0. The molecular formula is C13H6Cl2F6N2OS2. The number of amides is 1. The fourth-order valence-electron chi connectivity index (χ4n) is 1.76. The van der Waals surface area contributed by atoms with Crippen molar-refractivity contribution in [1.82, 2.24) is 4.98 Å². The van der Waals surface area contributed by atoms with Crippen molar-refractivity contribution in [1.29, 1.82) is 0 Å². The topological polar surface area (TPSA) is 42.0 Å². The summed E-state index contributed by atoms with van der Waals surface area (Å²) < 4.78 is 77.1. The number of thioether (sulfide) groups is 1. The zero-order valence-electron chi connectivity index (χ0n) is 12.4. The van der Waals surface area contributed by atoms with Crippen LogP contribution in [-0.4, -0.2) is 17.1 Å². The minimum absolute atomic E-state index is 0.00733. The van der Waals surface area contributed by atoms with E-state index in [0.29, 0.717) is 23.5 Å². The molecule has 2 rings (SSSR count). The summed E-state index contributed by atoms with van der Waals surface area (Å²) in [4.78, 5) is 14.8. The molecule has 13 heteroatoms. The monoisotopic (exact) mass is 454 g/mol. The highest BCUT2D eigenvalue weighted by molar-refractivity contribution is 8.00. The summed E-state index contributed by atoms with van der Waals surface area (Å²) in [5.74, 6) is -1.24. The highest BCUT2D eigenvalue weighted by Crippen LogP contribution is 2.40. The number of nitrogens with one attached hydrogen (secondary N) is 1. The fourth-order valence-corrected chi connectivity index (χ4v) is 3.82. The second kappa shape index (κ2) is 7.45. The van der Waals surface area contributed by atoms with Gasteiger partial charge in [-0.15, -0.1) is 11.3 Å². The van der Waals surface area contributed by atoms with Crippen LogP contribution in [0, 0.1) is 0 Å². The number of alkyl halides is 6. The minimum Gasteiger partial charge on any atom is -0.319 e. The largest absolute Gasteiger partial charge is 0.435 e. The van der Waals surface area contributed by atoms with E-state index in [9.17, 15) is 31.1 Å². The predicted octanol–water partition coefficient (Wildman–Crippen LogP) is 6.46. The third kappa shape index (κ3) is 4.56. The van der Waals surface area contributed by atoms with Gasteiger partial charge in [0.15, 0.2) is 10.0 Å². The molecule has 0 atom stereocenters. The highest BCUT2D eigenvalue weighted by Gasteiger charge is 2.40. The van der Waals surface area contributed by atoms with E-state index in [1.165, 1.54) is 6.26 Å². The molecule has 0 aliphatic carbocycles. The van der Waals surface area contributed by atoms with Crippen LogP contribution < -0.4 is 5.32 Å². The minimum atomic E-state index is -4.88. The molecule has 0 saturated heterocycles. The Kier molecular flexibility index (Phi) is 6.06. The van der Waals surface area contributed by atoms with Crippen LogP contribution in [0.15, 0.2) is 16.5 Å². The van der Waals surface area contributed by atoms with Crippen molar-refractivity contribution in [2.24, 2.45) is 0 Å². The number of hydrogen-bond donors (Lipinski definition) is 1. The molecule has 0 fully saturated rings. The van der Waals surface area contributed by atoms with Gasteiger partial charge in [-0.2, -0.15) is 26.3 Å². The van der Waals surface area contributed by atoms with Crippen molar-refractivity contribution in [2.45, 2.75) is 16.7 Å². The first-order valence-corrected chi connectivity index (χ1v) is 9.14. The highest BCUT2D eigenvalue weighted by atomic mass is 35.5. The number of rotatable bonds is 3. The van der Waals surface area contributed by atoms with Crippen LogP contribution in [-0.2, 0) is 12.4 Å². The molecular weight excluding hydrogens is 449 g/mol. The standard InChI is InChI=1S/C13H6Cl2F6N2OS2/c1-25-11-23-9(13(19,20)21)8(26-11)10(24)22-7-5(14)2-4(3-6(7)15)12(16,17)18/h2-3H,1H3,(H,22,24). The number of aromatic nitrogens is 1. The Bertz CT molecular complexity index is 827. The maximum atomic E-state index is 13.0. The lowest BCUT2D eigenvalue weighted by atomic mass is 10.2. The number of nitrogens with zero attached hydrogens (tertiary/aromatic N) is 1. The van der Waals surface area contributed by atoms with Crippen LogP contribution in [0.2, 0.25) is 10.0 Å². The number of carbonyl (C=O) groups is 1. The SMILES string of the molecule is CSc1nc(C(F)(F)F)c(C(=O)Nc2c(Cl)cc(C(F)(F)F)cc2Cl)s1. The van der Waals surface area contributed by atoms with Crippen LogP contribution in [0.1, 0.15) is 20.9 Å². The molecule has 142 valence electrons. The second-order valence-corrected chi connectivity index (χ2v) is 7.49. The van der Waals surface area contributed by atoms with Crippen molar-refractivity contribution < 1.29 is 31.1 Å². The molecule has 3 nitrogen and oxygen atoms in total. The molecule has 0 aliphatic rings. The lowest BCUT2D eigenvalue weighted by Gasteiger charge is -2.13. The number of anilines is 1. The smallest absolute Gasteiger partial charge is 0.319 e. The molecule has 26 heavy (non-hydrogen) atoms. The summed E-state index contributed by atoms with van der Waals surface area (Å²) in [5.41, 5.74) is -2.99. The lowest BCUT2D eigenvalue weighted by Crippen LogP contribution is -2.18. The maximum absolute atomic E-state index is 13.0. The van der Waals surface area contributed by atoms with Crippen molar-refractivity contribution in [3.63, 3.8) is 0 Å². The molecule has 1 N–H and O–H groups in total. The van der Waals surface area contributed by atoms with Gasteiger partial charge in [-0.1, -0.05) is 35.0 Å². The number of carbonyl (C=O) groups excluding carboxylic acids is 1. The molecule has 0 radical (unpaired) electrons. The van der Waals surface area contributed by atoms with Gasteiger partial charge in [-0.05, 0) is 18.4 Å². The van der Waals surface area contributed by atoms with E-state index in [-0.39, 0.29) is 4.34 Å². The first-order chi connectivity index (χ1) is 11.8. The number of hydrogen-bond acceptors (Lipinski definition) is 4. The van der Waals surface area contributed by atoms with Crippen LogP contribution in [0.25, 0.3) is 0 Å². The normalized spacial score (nSPS) is 12.3. The first-order valence-electron chi connectivity index (χ1n) is 6.34. The van der Waals surface area contributed by atoms with Crippen LogP contribution >= 0.6 is 46.3 Å². The van der Waals surface area contributed by atoms with Gasteiger partial charge in [0.05, 0.1) is 21.3 Å². The fraction of sp³-hybridized carbons (Fsp3) is 0.231. The number of halogens is 8. The van der Waals surface area contributed by atoms with Gasteiger partial charge in [-0.3, -0.25) is 4.79 Å². The van der Waals surface area contributed by atoms with E-state index in [1.807, 2.05) is 5.32 Å². The molecule has 0 aliphatic heterocycles. The van der Waals surface area contributed by atoms with Crippen LogP contribution in [0.4, 0.5) is 32.0 Å². The molecule has 2 aromatic rings. The summed E-state index contributed by atoms with van der Waals surface area (Å²) >= 11 is 12.8. The van der Waals surface area contributed by atoms with E-state index in [0.717, 1.165) is 11.8 Å². The average Bonchev–Trinajstić information content (AvgIpc) is 2.94. The summed E-state index contributed by atoms with van der Waals surface area (Å²) in [7, 11) is 0. The molecule has 0 unspecified atom stereocenters. The van der Waals surface area contributed by atoms with E-state index >= 15 is 0 Å². The van der Waals surface area contributed by atoms with Gasteiger partial charge in [-0.25, -0.2) is 4.98 Å². The number of thiazole rings is 1. The van der Waals surface area contributed by atoms with E-state index < -0.39 is 50.1 Å². The number of benzene rings is 1. The summed E-state index contributed by atoms with van der Waals surface area (Å²) in [6.07, 6.45) is -8.14. The molecule has 1 heterocycles. The quantitative estimate of drug-likeness (QED) is 0.427. The third-order valence-corrected chi connectivity index (χ3v) is 5.50. The zero-order chi connectivity index (χ0) is 19.9. The second-order valence-electron chi connectivity index (χ2n) is 4.63. The molecule has 0 bridgehead atoms. The predicted molar refractivity (Wildman–Crippen MR) is 88.3 cm³/mol. The Labute approximate surface area is 160 Å². The Hall–Kier alpha value is -1.17. The van der Waals surface area contributed by atoms with Crippen LogP contribution in [0.3, 0.4) is 0 Å². The van der Waals surface area contributed by atoms with Crippen molar-refractivity contribution in [3.8, 4) is 0 Å². The summed E-state index contributed by atoms with van der Waals surface area (Å²) in [6, 6.07) is 1.02. The van der Waals surface area contributed by atoms with Gasteiger partial charge < -0.3 is 5.32 Å². The van der Waals surface area contributed by atoms with E-state index in [2.05, 4.69) is 4.98 Å². The van der Waals surface area contributed by atoms with Gasteiger partial charge in [0.2, 0.25) is 0 Å². The molecule has 1 aromatic heterocycles. The third-order valence-electron chi connectivity index (χ3n) is 2.86. The van der Waals surface area contributed by atoms with Crippen molar-refractivity contribution in [3.05, 3.63) is 38.3 Å². The molecule has 0 saturated carbocycles. The average molecular weight is 455 g/mol. The van der Waals surface area contributed by atoms with Gasteiger partial charge >= 0.3 is 12.4 Å². The Morgan fingerprint density at radius 1 is 1.12 bits per heavy atom. The first kappa shape index (κ1) is 21.1. The molecule has 0 spiro atoms. The molecule has 1 amide bonds. The van der Waals surface area contributed by atoms with Crippen LogP contribution in [0.5, 0.6) is 0 Å². The van der Waals surface area contributed by atoms with Crippen molar-refractivity contribution in [2.75, 3.05) is 11.6 Å². The van der Waals surface area contributed by atoms with Gasteiger partial charge in [0.25, 0.3) is 5.91 Å². The molecule has 1 aromatic carbocycles. The Balaban J connectivity index is 2.42. The Morgan fingerprint density at radius 2 is 1.65 bits per heavy atom. The van der Waals surface area contributed by atoms with E-state index in [4.69, 9.17) is 23.2 Å². The van der Waals surface area contributed by atoms with Crippen molar-refractivity contribution >= 4 is 57.9 Å². The summed E-state index contributed by atoms with van der Waals surface area (Å²) in [5, 5.41) is 0.878. The van der Waals surface area contributed by atoms with Gasteiger partial charge in [0, 0.05) is 0 Å². The Morgan fingerprint density at radius 3 is 2.08 bits per heavy atom. The van der Waals surface area contributed by atoms with E-state index in [1.54, 1.807) is 0 Å². The zero-order valence-corrected chi connectivity index (χ0v) is 15.5. The maximum Gasteiger partial charge on any atom is 0.435 e. The van der Waals surface area contributed by atoms with Gasteiger partial charge in [0.1, 0.15) is 4.88 Å².